The Bertz CT molecular complexity index is 1880. The number of ether oxygens (including phenoxy) is 4. The van der Waals surface area contributed by atoms with Crippen molar-refractivity contribution in [3.8, 4) is 0 Å². The summed E-state index contributed by atoms with van der Waals surface area (Å²) in [6.45, 7) is 4.85. The number of quaternary nitrogens is 1. The molecule has 0 saturated heterocycles. The van der Waals surface area contributed by atoms with E-state index >= 15 is 0 Å². The number of unbranched alkanes of at least 4 members (excludes halogenated alkanes) is 61. The van der Waals surface area contributed by atoms with Crippen LogP contribution < -0.4 is 0 Å². The Morgan fingerprint density at radius 2 is 0.553 bits per heavy atom. The molecule has 9 nitrogen and oxygen atoms in total. The minimum absolute atomic E-state index is 0.175. The first kappa shape index (κ1) is 100.0. The monoisotopic (exact) mass is 1450 g/mol. The van der Waals surface area contributed by atoms with Crippen LogP contribution in [0.5, 0.6) is 0 Å². The Hall–Kier alpha value is -3.01. The quantitative estimate of drug-likeness (QED) is 0.0211. The maximum Gasteiger partial charge on any atom is 0.361 e. The van der Waals surface area contributed by atoms with Gasteiger partial charge in [-0.05, 0) is 57.8 Å². The molecular weight excluding hydrogens is 1270 g/mol. The average molecular weight is 1450 g/mol. The van der Waals surface area contributed by atoms with Gasteiger partial charge in [0.05, 0.1) is 34.4 Å². The van der Waals surface area contributed by atoms with Crippen molar-refractivity contribution in [2.45, 2.75) is 476 Å². The van der Waals surface area contributed by atoms with E-state index in [1.807, 2.05) is 21.1 Å². The molecule has 0 rings (SSSR count). The van der Waals surface area contributed by atoms with Gasteiger partial charge < -0.3 is 28.5 Å². The number of esters is 2. The first-order valence-corrected chi connectivity index (χ1v) is 45.5. The van der Waals surface area contributed by atoms with Crippen LogP contribution in [-0.2, 0) is 33.3 Å². The van der Waals surface area contributed by atoms with E-state index in [9.17, 15) is 19.5 Å². The van der Waals surface area contributed by atoms with E-state index in [4.69, 9.17) is 18.9 Å². The summed E-state index contributed by atoms with van der Waals surface area (Å²) in [5, 5.41) is 9.80. The maximum absolute atomic E-state index is 13.0. The molecule has 0 spiro atoms. The second-order valence-corrected chi connectivity index (χ2v) is 32.2. The average Bonchev–Trinajstić information content (AvgIpc) is 1.01. The molecular formula is C94H176NO8+. The molecule has 0 bridgehead atoms. The van der Waals surface area contributed by atoms with Gasteiger partial charge in [0, 0.05) is 12.8 Å². The van der Waals surface area contributed by atoms with Crippen LogP contribution in [0.4, 0.5) is 0 Å². The first-order valence-electron chi connectivity index (χ1n) is 45.5. The fraction of sp³-hybridized carbons (Fsp3) is 0.862. The SMILES string of the molecule is CC/C=C\C/C=C\C/C=C\C/C=C\C/C=C\CCCCCCCCCCCCCCCCCCCCCCCCCCCC(=O)OC(COC(=O)CCCCCCCCCCCCCCCCCCCCCCCCCCCCCCCCCCCCCCC)COC(OCC[N+](C)(C)C)C(=O)O. The van der Waals surface area contributed by atoms with Crippen molar-refractivity contribution in [2.24, 2.45) is 0 Å². The van der Waals surface area contributed by atoms with E-state index in [0.717, 1.165) is 70.6 Å². The van der Waals surface area contributed by atoms with Crippen LogP contribution in [0.3, 0.4) is 0 Å². The molecule has 103 heavy (non-hydrogen) atoms. The molecule has 0 heterocycles. The number of likely N-dealkylation sites (N-methyl/N-ethyl adjacent to an activating group) is 1. The standard InChI is InChI=1S/C94H175NO8/c1-6-8-10-12-14-16-18-20-22-24-26-28-30-32-34-36-38-40-42-44-45-46-47-49-51-53-55-57-59-61-63-65-67-69-71-73-75-77-79-81-83-85-92(97)103-90(89-102-94(93(98)99)100-87-86-95(3,4)5)88-101-91(96)84-82-80-78-76-74-72-70-68-66-64-62-60-58-56-54-52-50-48-43-41-39-37-35-33-31-29-27-25-23-21-19-17-15-13-11-9-7-2/h8,10,14,16,20,22,26,28,32,34,90,94H,6-7,9,11-13,15,17-19,21,23-25,27,29-31,33,35-89H2,1-5H3/p+1/b10-8-,16-14-,22-20-,28-26-,34-32-. The fourth-order valence-electron chi connectivity index (χ4n) is 13.9. The number of carboxylic acid groups (broad SMARTS) is 1. The second-order valence-electron chi connectivity index (χ2n) is 32.2. The van der Waals surface area contributed by atoms with Gasteiger partial charge in [-0.1, -0.05) is 453 Å². The van der Waals surface area contributed by atoms with Crippen LogP contribution in [0.1, 0.15) is 463 Å². The fourth-order valence-corrected chi connectivity index (χ4v) is 13.9. The lowest BCUT2D eigenvalue weighted by Crippen LogP contribution is -2.40. The molecule has 0 radical (unpaired) electrons. The molecule has 9 heteroatoms. The number of nitrogens with zero attached hydrogens (tertiary/aromatic N) is 1. The largest absolute Gasteiger partial charge is 0.477 e. The summed E-state index contributed by atoms with van der Waals surface area (Å²) in [5.74, 6) is -1.97. The second kappa shape index (κ2) is 84.6. The van der Waals surface area contributed by atoms with Crippen molar-refractivity contribution >= 4 is 17.9 Å². The number of hydrogen-bond donors (Lipinski definition) is 1. The number of aliphatic carboxylic acids is 1. The number of allylic oxidation sites excluding steroid dienone is 10. The van der Waals surface area contributed by atoms with E-state index in [1.165, 1.54) is 366 Å². The van der Waals surface area contributed by atoms with Crippen LogP contribution in [0.2, 0.25) is 0 Å². The molecule has 0 aromatic heterocycles. The summed E-state index contributed by atoms with van der Waals surface area (Å²) in [4.78, 5) is 37.8. The van der Waals surface area contributed by atoms with Crippen LogP contribution >= 0.6 is 0 Å². The molecule has 0 aromatic rings. The molecule has 0 aliphatic heterocycles. The van der Waals surface area contributed by atoms with Gasteiger partial charge >= 0.3 is 17.9 Å². The van der Waals surface area contributed by atoms with Crippen molar-refractivity contribution in [3.05, 3.63) is 60.8 Å². The molecule has 1 N–H and O–H groups in total. The van der Waals surface area contributed by atoms with Crippen LogP contribution in [0.25, 0.3) is 0 Å². The van der Waals surface area contributed by atoms with Crippen molar-refractivity contribution in [3.63, 3.8) is 0 Å². The highest BCUT2D eigenvalue weighted by atomic mass is 16.7. The number of rotatable bonds is 86. The summed E-state index contributed by atoms with van der Waals surface area (Å²) in [7, 11) is 6.01. The minimum Gasteiger partial charge on any atom is -0.477 e. The van der Waals surface area contributed by atoms with Gasteiger partial charge in [-0.15, -0.1) is 0 Å². The molecule has 0 aromatic carbocycles. The third-order valence-electron chi connectivity index (χ3n) is 20.8. The topological polar surface area (TPSA) is 108 Å². The Morgan fingerprint density at radius 1 is 0.301 bits per heavy atom. The number of hydrogen-bond acceptors (Lipinski definition) is 7. The highest BCUT2D eigenvalue weighted by Gasteiger charge is 2.25. The normalized spacial score (nSPS) is 12.8. The van der Waals surface area contributed by atoms with Crippen molar-refractivity contribution in [2.75, 3.05) is 47.5 Å². The smallest absolute Gasteiger partial charge is 0.361 e. The van der Waals surface area contributed by atoms with E-state index in [1.54, 1.807) is 0 Å². The molecule has 0 aliphatic carbocycles. The molecule has 0 fully saturated rings. The molecule has 0 aliphatic rings. The van der Waals surface area contributed by atoms with Gasteiger partial charge in [0.1, 0.15) is 13.2 Å². The third-order valence-corrected chi connectivity index (χ3v) is 20.8. The van der Waals surface area contributed by atoms with Gasteiger partial charge in [0.2, 0.25) is 0 Å². The van der Waals surface area contributed by atoms with E-state index in [-0.39, 0.29) is 38.2 Å². The van der Waals surface area contributed by atoms with Gasteiger partial charge in [-0.3, -0.25) is 9.59 Å². The Morgan fingerprint density at radius 3 is 0.825 bits per heavy atom. The highest BCUT2D eigenvalue weighted by Crippen LogP contribution is 2.21. The Kier molecular flexibility index (Phi) is 82.1. The number of carboxylic acids is 1. The van der Waals surface area contributed by atoms with Gasteiger partial charge in [-0.25, -0.2) is 4.79 Å². The summed E-state index contributed by atoms with van der Waals surface area (Å²) < 4.78 is 23.1. The van der Waals surface area contributed by atoms with Crippen LogP contribution in [0, 0.1) is 0 Å². The van der Waals surface area contributed by atoms with Crippen LogP contribution in [-0.4, -0.2) is 87.4 Å². The summed E-state index contributed by atoms with van der Waals surface area (Å²) in [6, 6.07) is 0. The summed E-state index contributed by atoms with van der Waals surface area (Å²) >= 11 is 0. The van der Waals surface area contributed by atoms with Gasteiger partial charge in [0.15, 0.2) is 6.10 Å². The zero-order valence-electron chi connectivity index (χ0n) is 69.5. The zero-order valence-corrected chi connectivity index (χ0v) is 69.5. The maximum atomic E-state index is 13.0. The lowest BCUT2D eigenvalue weighted by Gasteiger charge is -2.25. The molecule has 0 saturated carbocycles. The Labute approximate surface area is 641 Å². The number of carbonyl (C=O) groups is 3. The number of carbonyl (C=O) groups excluding carboxylic acids is 2. The highest BCUT2D eigenvalue weighted by molar-refractivity contribution is 5.71. The van der Waals surface area contributed by atoms with Crippen molar-refractivity contribution in [1.82, 2.24) is 0 Å². The van der Waals surface area contributed by atoms with Crippen LogP contribution in [0.15, 0.2) is 60.8 Å². The molecule has 0 amide bonds. The molecule has 2 atom stereocenters. The minimum atomic E-state index is -1.51. The third kappa shape index (κ3) is 86.1. The van der Waals surface area contributed by atoms with Gasteiger partial charge in [-0.2, -0.15) is 0 Å². The van der Waals surface area contributed by atoms with E-state index in [2.05, 4.69) is 74.6 Å². The van der Waals surface area contributed by atoms with Crippen molar-refractivity contribution < 1.29 is 42.9 Å². The molecule has 2 unspecified atom stereocenters. The lowest BCUT2D eigenvalue weighted by atomic mass is 10.0. The molecule has 604 valence electrons. The predicted octanol–water partition coefficient (Wildman–Crippen LogP) is 29.7. The first-order chi connectivity index (χ1) is 50.6. The lowest BCUT2D eigenvalue weighted by molar-refractivity contribution is -0.870. The van der Waals surface area contributed by atoms with Crippen molar-refractivity contribution in [1.29, 1.82) is 0 Å². The summed E-state index contributed by atoms with van der Waals surface area (Å²) in [5.41, 5.74) is 0. The van der Waals surface area contributed by atoms with E-state index < -0.39 is 18.4 Å². The van der Waals surface area contributed by atoms with E-state index in [0.29, 0.717) is 17.4 Å². The van der Waals surface area contributed by atoms with Gasteiger partial charge in [0.25, 0.3) is 6.29 Å². The Balaban J connectivity index is 3.89. The zero-order chi connectivity index (χ0) is 74.6. The predicted molar refractivity (Wildman–Crippen MR) is 447 cm³/mol. The summed E-state index contributed by atoms with van der Waals surface area (Å²) in [6.07, 6.45) is 112.